The number of anilines is 3. The van der Waals surface area contributed by atoms with Gasteiger partial charge in [0.1, 0.15) is 5.82 Å². The molecule has 1 saturated heterocycles. The van der Waals surface area contributed by atoms with Crippen LogP contribution in [0.2, 0.25) is 0 Å². The Bertz CT molecular complexity index is 848. The Morgan fingerprint density at radius 2 is 1.86 bits per heavy atom. The van der Waals surface area contributed by atoms with Gasteiger partial charge in [-0.25, -0.2) is 15.0 Å². The second-order valence-electron chi connectivity index (χ2n) is 7.53. The maximum absolute atomic E-state index is 5.68. The predicted octanol–water partition coefficient (Wildman–Crippen LogP) is 0.892. The molecule has 0 amide bonds. The first-order chi connectivity index (χ1) is 13.7. The van der Waals surface area contributed by atoms with Crippen molar-refractivity contribution in [2.24, 2.45) is 0 Å². The number of hydrogen-bond acceptors (Lipinski definition) is 9. The quantitative estimate of drug-likeness (QED) is 0.824. The SMILES string of the molecule is COC1CC(N2CCc3c(-c4cnc(N)nc4)nc(N4CCOCC4)nc32)C1. The van der Waals surface area contributed by atoms with Crippen molar-refractivity contribution in [3.8, 4) is 11.3 Å². The minimum absolute atomic E-state index is 0.268. The number of nitrogens with zero attached hydrogens (tertiary/aromatic N) is 6. The van der Waals surface area contributed by atoms with Crippen molar-refractivity contribution in [3.63, 3.8) is 0 Å². The average Bonchev–Trinajstić information content (AvgIpc) is 3.12. The number of rotatable bonds is 4. The molecule has 0 radical (unpaired) electrons. The number of aromatic nitrogens is 4. The molecular weight excluding hydrogens is 358 g/mol. The first-order valence-electron chi connectivity index (χ1n) is 9.84. The van der Waals surface area contributed by atoms with Crippen LogP contribution in [-0.4, -0.2) is 72.0 Å². The number of nitrogen functional groups attached to an aromatic ring is 1. The average molecular weight is 383 g/mol. The summed E-state index contributed by atoms with van der Waals surface area (Å²) >= 11 is 0. The summed E-state index contributed by atoms with van der Waals surface area (Å²) in [6, 6.07) is 0.481. The largest absolute Gasteiger partial charge is 0.381 e. The van der Waals surface area contributed by atoms with E-state index in [1.165, 1.54) is 5.56 Å². The van der Waals surface area contributed by atoms with E-state index in [2.05, 4.69) is 19.8 Å². The van der Waals surface area contributed by atoms with E-state index in [-0.39, 0.29) is 5.95 Å². The number of ether oxygens (including phenoxy) is 2. The molecule has 0 spiro atoms. The molecule has 2 fully saturated rings. The standard InChI is InChI=1S/C19H25N7O2/c1-27-14-8-13(9-14)26-3-2-15-16(12-10-21-18(20)22-11-12)23-19(24-17(15)26)25-4-6-28-7-5-25/h10-11,13-14H,2-9H2,1H3,(H2,20,21,22). The lowest BCUT2D eigenvalue weighted by molar-refractivity contribution is 0.0257. The van der Waals surface area contributed by atoms with E-state index in [0.717, 1.165) is 61.9 Å². The van der Waals surface area contributed by atoms with E-state index < -0.39 is 0 Å². The zero-order valence-electron chi connectivity index (χ0n) is 16.0. The summed E-state index contributed by atoms with van der Waals surface area (Å²) in [7, 11) is 1.79. The lowest BCUT2D eigenvalue weighted by Gasteiger charge is -2.41. The molecule has 28 heavy (non-hydrogen) atoms. The number of fused-ring (bicyclic) bond motifs is 1. The smallest absolute Gasteiger partial charge is 0.228 e. The monoisotopic (exact) mass is 383 g/mol. The molecule has 148 valence electrons. The summed E-state index contributed by atoms with van der Waals surface area (Å²) in [5.74, 6) is 2.07. The van der Waals surface area contributed by atoms with E-state index in [9.17, 15) is 0 Å². The van der Waals surface area contributed by atoms with Gasteiger partial charge >= 0.3 is 0 Å². The van der Waals surface area contributed by atoms with Gasteiger partial charge in [0.15, 0.2) is 0 Å². The number of hydrogen-bond donors (Lipinski definition) is 1. The molecule has 1 aliphatic carbocycles. The fraction of sp³-hybridized carbons (Fsp3) is 0.579. The molecule has 9 heteroatoms. The highest BCUT2D eigenvalue weighted by molar-refractivity contribution is 5.72. The minimum Gasteiger partial charge on any atom is -0.381 e. The van der Waals surface area contributed by atoms with Crippen molar-refractivity contribution in [1.29, 1.82) is 0 Å². The highest BCUT2D eigenvalue weighted by atomic mass is 16.5. The van der Waals surface area contributed by atoms with Gasteiger partial charge < -0.3 is 25.0 Å². The van der Waals surface area contributed by atoms with E-state index >= 15 is 0 Å². The molecule has 9 nitrogen and oxygen atoms in total. The summed E-state index contributed by atoms with van der Waals surface area (Å²) in [6.07, 6.45) is 6.88. The Morgan fingerprint density at radius 1 is 1.11 bits per heavy atom. The van der Waals surface area contributed by atoms with Crippen molar-refractivity contribution in [2.45, 2.75) is 31.4 Å². The Balaban J connectivity index is 1.55. The van der Waals surface area contributed by atoms with Crippen LogP contribution in [0.5, 0.6) is 0 Å². The van der Waals surface area contributed by atoms with Gasteiger partial charge in [-0.15, -0.1) is 0 Å². The van der Waals surface area contributed by atoms with Crippen LogP contribution in [0.4, 0.5) is 17.7 Å². The van der Waals surface area contributed by atoms with Crippen LogP contribution in [0, 0.1) is 0 Å². The molecule has 5 rings (SSSR count). The van der Waals surface area contributed by atoms with Crippen LogP contribution in [0.15, 0.2) is 12.4 Å². The molecule has 0 unspecified atom stereocenters. The zero-order chi connectivity index (χ0) is 19.1. The second-order valence-corrected chi connectivity index (χ2v) is 7.53. The topological polar surface area (TPSA) is 103 Å². The minimum atomic E-state index is 0.268. The van der Waals surface area contributed by atoms with Crippen molar-refractivity contribution in [1.82, 2.24) is 19.9 Å². The summed E-state index contributed by atoms with van der Waals surface area (Å²) < 4.78 is 11.0. The van der Waals surface area contributed by atoms with E-state index in [1.807, 2.05) is 0 Å². The molecule has 0 aromatic carbocycles. The highest BCUT2D eigenvalue weighted by Crippen LogP contribution is 2.40. The van der Waals surface area contributed by atoms with Crippen molar-refractivity contribution in [3.05, 3.63) is 18.0 Å². The van der Waals surface area contributed by atoms with Crippen LogP contribution >= 0.6 is 0 Å². The normalized spacial score (nSPS) is 24.2. The second kappa shape index (κ2) is 7.14. The van der Waals surface area contributed by atoms with Crippen molar-refractivity contribution < 1.29 is 9.47 Å². The van der Waals surface area contributed by atoms with E-state index in [4.69, 9.17) is 25.2 Å². The summed E-state index contributed by atoms with van der Waals surface area (Å²) in [4.78, 5) is 22.9. The Hall–Kier alpha value is -2.52. The van der Waals surface area contributed by atoms with Crippen LogP contribution in [0.25, 0.3) is 11.3 Å². The molecule has 2 aromatic heterocycles. The number of nitrogens with two attached hydrogens (primary N) is 1. The van der Waals surface area contributed by atoms with Gasteiger partial charge in [0, 0.05) is 56.3 Å². The van der Waals surface area contributed by atoms with Gasteiger partial charge in [0.25, 0.3) is 0 Å². The molecule has 3 aliphatic rings. The van der Waals surface area contributed by atoms with Gasteiger partial charge in [0.05, 0.1) is 25.0 Å². The fourth-order valence-electron chi connectivity index (χ4n) is 4.21. The first-order valence-corrected chi connectivity index (χ1v) is 9.84. The predicted molar refractivity (Wildman–Crippen MR) is 105 cm³/mol. The molecule has 2 N–H and O–H groups in total. The van der Waals surface area contributed by atoms with Gasteiger partial charge in [-0.1, -0.05) is 0 Å². The fourth-order valence-corrected chi connectivity index (χ4v) is 4.21. The molecule has 0 atom stereocenters. The molecule has 2 aromatic rings. The highest BCUT2D eigenvalue weighted by Gasteiger charge is 2.39. The molecule has 4 heterocycles. The summed E-state index contributed by atoms with van der Waals surface area (Å²) in [6.45, 7) is 3.95. The third kappa shape index (κ3) is 3.04. The summed E-state index contributed by atoms with van der Waals surface area (Å²) in [5.41, 5.74) is 8.65. The third-order valence-corrected chi connectivity index (χ3v) is 5.93. The first kappa shape index (κ1) is 17.6. The maximum atomic E-state index is 5.68. The van der Waals surface area contributed by atoms with Gasteiger partial charge in [-0.2, -0.15) is 4.98 Å². The lowest BCUT2D eigenvalue weighted by Crippen LogP contribution is -2.47. The van der Waals surface area contributed by atoms with E-state index in [0.29, 0.717) is 25.4 Å². The molecule has 0 bridgehead atoms. The number of methoxy groups -OCH3 is 1. The van der Waals surface area contributed by atoms with Crippen LogP contribution in [0.1, 0.15) is 18.4 Å². The Labute approximate surface area is 163 Å². The third-order valence-electron chi connectivity index (χ3n) is 5.93. The van der Waals surface area contributed by atoms with E-state index in [1.54, 1.807) is 19.5 Å². The van der Waals surface area contributed by atoms with Crippen LogP contribution < -0.4 is 15.5 Å². The molecule has 1 saturated carbocycles. The maximum Gasteiger partial charge on any atom is 0.228 e. The zero-order valence-corrected chi connectivity index (χ0v) is 16.0. The van der Waals surface area contributed by atoms with Crippen molar-refractivity contribution >= 4 is 17.7 Å². The lowest BCUT2D eigenvalue weighted by atomic mass is 9.88. The van der Waals surface area contributed by atoms with Crippen LogP contribution in [0.3, 0.4) is 0 Å². The van der Waals surface area contributed by atoms with Crippen LogP contribution in [-0.2, 0) is 15.9 Å². The van der Waals surface area contributed by atoms with Gasteiger partial charge in [-0.05, 0) is 19.3 Å². The van der Waals surface area contributed by atoms with Gasteiger partial charge in [0.2, 0.25) is 11.9 Å². The Morgan fingerprint density at radius 3 is 2.57 bits per heavy atom. The number of morpholine rings is 1. The molecule has 2 aliphatic heterocycles. The summed E-state index contributed by atoms with van der Waals surface area (Å²) in [5, 5.41) is 0. The molecular formula is C19H25N7O2. The Kier molecular flexibility index (Phi) is 4.48. The van der Waals surface area contributed by atoms with Crippen molar-refractivity contribution in [2.75, 3.05) is 55.5 Å². The van der Waals surface area contributed by atoms with Gasteiger partial charge in [-0.3, -0.25) is 0 Å².